The first-order valence-corrected chi connectivity index (χ1v) is 9.45. The Kier molecular flexibility index (Phi) is 3.49. The van der Waals surface area contributed by atoms with Crippen LogP contribution in [-0.4, -0.2) is 32.7 Å². The number of para-hydroxylation sites is 1. The van der Waals surface area contributed by atoms with Crippen LogP contribution in [0.1, 0.15) is 17.4 Å². The average Bonchev–Trinajstić information content (AvgIpc) is 3.19. The van der Waals surface area contributed by atoms with Gasteiger partial charge in [0.2, 0.25) is 0 Å². The zero-order valence-electron chi connectivity index (χ0n) is 13.8. The number of benzene rings is 1. The van der Waals surface area contributed by atoms with Gasteiger partial charge in [0.1, 0.15) is 6.04 Å². The molecule has 0 radical (unpaired) electrons. The van der Waals surface area contributed by atoms with Crippen LogP contribution in [-0.2, 0) is 11.2 Å². The Labute approximate surface area is 153 Å². The van der Waals surface area contributed by atoms with Gasteiger partial charge in [-0.2, -0.15) is 0 Å². The summed E-state index contributed by atoms with van der Waals surface area (Å²) in [5.41, 5.74) is 2.07. The number of hydrogen-bond acceptors (Lipinski definition) is 5. The fourth-order valence-electron chi connectivity index (χ4n) is 3.58. The Morgan fingerprint density at radius 1 is 1.23 bits per heavy atom. The molecule has 1 atom stereocenters. The smallest absolute Gasteiger partial charge is 0.262 e. The molecule has 1 aromatic carbocycles. The third-order valence-electron chi connectivity index (χ3n) is 4.83. The number of fused-ring (bicyclic) bond motifs is 4. The summed E-state index contributed by atoms with van der Waals surface area (Å²) < 4.78 is 6.71. The van der Waals surface area contributed by atoms with Gasteiger partial charge in [-0.1, -0.05) is 12.1 Å². The summed E-state index contributed by atoms with van der Waals surface area (Å²) in [6.45, 7) is 0.625. The molecule has 0 bridgehead atoms. The molecular formula is C19H15N3O3S. The highest BCUT2D eigenvalue weighted by Gasteiger charge is 2.39. The molecule has 7 heteroatoms. The predicted molar refractivity (Wildman–Crippen MR) is 99.6 cm³/mol. The molecule has 0 unspecified atom stereocenters. The molecule has 2 aromatic heterocycles. The molecule has 4 heterocycles. The Bertz CT molecular complexity index is 1100. The molecule has 2 aliphatic heterocycles. The van der Waals surface area contributed by atoms with Gasteiger partial charge in [0.25, 0.3) is 11.5 Å². The van der Waals surface area contributed by atoms with Gasteiger partial charge in [0, 0.05) is 18.7 Å². The molecule has 0 fully saturated rings. The van der Waals surface area contributed by atoms with Crippen molar-refractivity contribution in [3.63, 3.8) is 0 Å². The van der Waals surface area contributed by atoms with Gasteiger partial charge in [-0.3, -0.25) is 14.2 Å². The van der Waals surface area contributed by atoms with Crippen LogP contribution in [0.25, 0.3) is 16.6 Å². The Morgan fingerprint density at radius 2 is 2.12 bits per heavy atom. The van der Waals surface area contributed by atoms with Gasteiger partial charge in [0.05, 0.1) is 29.1 Å². The summed E-state index contributed by atoms with van der Waals surface area (Å²) >= 11 is 1.64. The van der Waals surface area contributed by atoms with Crippen LogP contribution in [0.2, 0.25) is 0 Å². The number of aromatic nitrogens is 2. The fourth-order valence-corrected chi connectivity index (χ4v) is 4.38. The first kappa shape index (κ1) is 15.5. The summed E-state index contributed by atoms with van der Waals surface area (Å²) in [5, 5.41) is 2.46. The van der Waals surface area contributed by atoms with Gasteiger partial charge >= 0.3 is 0 Å². The molecule has 5 rings (SSSR count). The van der Waals surface area contributed by atoms with Gasteiger partial charge < -0.3 is 9.32 Å². The molecule has 26 heavy (non-hydrogen) atoms. The highest BCUT2D eigenvalue weighted by molar-refractivity contribution is 8.02. The van der Waals surface area contributed by atoms with E-state index in [0.717, 1.165) is 17.0 Å². The highest BCUT2D eigenvalue weighted by atomic mass is 32.2. The van der Waals surface area contributed by atoms with E-state index in [9.17, 15) is 9.59 Å². The molecule has 130 valence electrons. The lowest BCUT2D eigenvalue weighted by atomic mass is 10.0. The van der Waals surface area contributed by atoms with E-state index in [0.29, 0.717) is 29.7 Å². The maximum atomic E-state index is 13.2. The van der Waals surface area contributed by atoms with Crippen molar-refractivity contribution in [3.05, 3.63) is 70.0 Å². The lowest BCUT2D eigenvalue weighted by Crippen LogP contribution is -2.48. The molecule has 0 N–H and O–H groups in total. The van der Waals surface area contributed by atoms with Gasteiger partial charge in [-0.15, -0.1) is 11.8 Å². The zero-order chi connectivity index (χ0) is 17.7. The molecule has 0 saturated heterocycles. The minimum absolute atomic E-state index is 0.0653. The Hall–Kier alpha value is -2.80. The Balaban J connectivity index is 1.79. The molecule has 1 amide bonds. The number of amides is 1. The van der Waals surface area contributed by atoms with Crippen LogP contribution >= 0.6 is 11.8 Å². The largest absolute Gasteiger partial charge is 0.472 e. The van der Waals surface area contributed by atoms with Crippen molar-refractivity contribution in [2.24, 2.45) is 0 Å². The van der Waals surface area contributed by atoms with Crippen LogP contribution in [0.4, 0.5) is 0 Å². The van der Waals surface area contributed by atoms with E-state index < -0.39 is 6.04 Å². The van der Waals surface area contributed by atoms with Crippen molar-refractivity contribution in [3.8, 4) is 0 Å². The lowest BCUT2D eigenvalue weighted by Gasteiger charge is -2.38. The summed E-state index contributed by atoms with van der Waals surface area (Å²) in [4.78, 5) is 32.9. The van der Waals surface area contributed by atoms with Crippen molar-refractivity contribution >= 4 is 34.3 Å². The van der Waals surface area contributed by atoms with Crippen molar-refractivity contribution < 1.29 is 9.21 Å². The predicted octanol–water partition coefficient (Wildman–Crippen LogP) is 2.66. The van der Waals surface area contributed by atoms with E-state index in [-0.39, 0.29) is 11.5 Å². The molecule has 0 saturated carbocycles. The van der Waals surface area contributed by atoms with Crippen molar-refractivity contribution in [1.29, 1.82) is 0 Å². The minimum atomic E-state index is -0.618. The average molecular weight is 365 g/mol. The van der Waals surface area contributed by atoms with Crippen LogP contribution in [0.5, 0.6) is 0 Å². The topological polar surface area (TPSA) is 68.3 Å². The summed E-state index contributed by atoms with van der Waals surface area (Å²) in [6.07, 6.45) is 3.59. The van der Waals surface area contributed by atoms with Crippen LogP contribution in [0.3, 0.4) is 0 Å². The van der Waals surface area contributed by atoms with Gasteiger partial charge in [-0.25, -0.2) is 4.98 Å². The first-order valence-electron chi connectivity index (χ1n) is 8.40. The summed E-state index contributed by atoms with van der Waals surface area (Å²) in [7, 11) is 0. The number of furan rings is 1. The van der Waals surface area contributed by atoms with Crippen LogP contribution < -0.4 is 5.56 Å². The number of nitrogens with zero attached hydrogens (tertiary/aromatic N) is 3. The van der Waals surface area contributed by atoms with E-state index >= 15 is 0 Å². The number of carbonyl (C=O) groups is 1. The minimum Gasteiger partial charge on any atom is -0.472 e. The molecule has 3 aromatic rings. The first-order chi connectivity index (χ1) is 12.7. The molecule has 0 aliphatic carbocycles. The summed E-state index contributed by atoms with van der Waals surface area (Å²) in [5.74, 6) is 1.34. The molecule has 0 spiro atoms. The van der Waals surface area contributed by atoms with E-state index in [2.05, 4.69) is 0 Å². The monoisotopic (exact) mass is 365 g/mol. The second-order valence-corrected chi connectivity index (χ2v) is 7.32. The quantitative estimate of drug-likeness (QED) is 0.698. The molecule has 2 aliphatic rings. The van der Waals surface area contributed by atoms with E-state index in [1.54, 1.807) is 39.8 Å². The zero-order valence-corrected chi connectivity index (χ0v) is 14.6. The normalized spacial score (nSPS) is 19.2. The third-order valence-corrected chi connectivity index (χ3v) is 5.64. The number of carbonyl (C=O) groups excluding carboxylic acids is 1. The number of rotatable bonds is 2. The standard InChI is InChI=1S/C19H15N3O3S/c23-18-13-3-1-2-4-14(13)20-17-16-11-26-8-6-21(16)19(24)15(22(17)18)9-12-5-7-25-10-12/h1-5,7,10-11,15H,6,8-9H2/t15-/m1/s1. The van der Waals surface area contributed by atoms with Crippen molar-refractivity contribution in [1.82, 2.24) is 14.5 Å². The SMILES string of the molecule is O=C1[C@@H](Cc2ccoc2)n2c(nc3ccccc3c2=O)C2=CSCCN12. The molecular weight excluding hydrogens is 350 g/mol. The maximum Gasteiger partial charge on any atom is 0.262 e. The number of hydrogen-bond donors (Lipinski definition) is 0. The van der Waals surface area contributed by atoms with E-state index in [4.69, 9.17) is 9.40 Å². The van der Waals surface area contributed by atoms with Crippen molar-refractivity contribution in [2.45, 2.75) is 12.5 Å². The summed E-state index contributed by atoms with van der Waals surface area (Å²) in [6, 6.07) is 8.48. The van der Waals surface area contributed by atoms with Crippen molar-refractivity contribution in [2.75, 3.05) is 12.3 Å². The maximum absolute atomic E-state index is 13.2. The van der Waals surface area contributed by atoms with E-state index in [1.807, 2.05) is 29.7 Å². The Morgan fingerprint density at radius 3 is 2.96 bits per heavy atom. The highest BCUT2D eigenvalue weighted by Crippen LogP contribution is 2.35. The third kappa shape index (κ3) is 2.24. The number of thioether (sulfide) groups is 1. The van der Waals surface area contributed by atoms with Gasteiger partial charge in [-0.05, 0) is 29.2 Å². The van der Waals surface area contributed by atoms with Crippen LogP contribution in [0.15, 0.2) is 57.5 Å². The second kappa shape index (κ2) is 5.88. The molecule has 6 nitrogen and oxygen atoms in total. The lowest BCUT2D eigenvalue weighted by molar-refractivity contribution is -0.132. The fraction of sp³-hybridized carbons (Fsp3) is 0.211. The van der Waals surface area contributed by atoms with Gasteiger partial charge in [0.15, 0.2) is 5.82 Å². The second-order valence-electron chi connectivity index (χ2n) is 6.34. The van der Waals surface area contributed by atoms with E-state index in [1.165, 1.54) is 0 Å². The van der Waals surface area contributed by atoms with Crippen LogP contribution in [0, 0.1) is 0 Å².